The van der Waals surface area contributed by atoms with Gasteiger partial charge in [0.2, 0.25) is 11.8 Å². The molecule has 140 valence electrons. The van der Waals surface area contributed by atoms with E-state index >= 15 is 0 Å². The lowest BCUT2D eigenvalue weighted by atomic mass is 9.49. The third-order valence-electron chi connectivity index (χ3n) is 6.27. The van der Waals surface area contributed by atoms with Gasteiger partial charge >= 0.3 is 5.97 Å². The fourth-order valence-electron chi connectivity index (χ4n) is 5.68. The van der Waals surface area contributed by atoms with E-state index in [4.69, 9.17) is 0 Å². The minimum Gasteiger partial charge on any atom is -0.480 e. The van der Waals surface area contributed by atoms with E-state index in [1.54, 1.807) is 0 Å². The second kappa shape index (κ2) is 6.96. The molecule has 0 aromatic heterocycles. The molecule has 0 aromatic carbocycles. The van der Waals surface area contributed by atoms with Crippen molar-refractivity contribution >= 4 is 17.8 Å². The van der Waals surface area contributed by atoms with Crippen molar-refractivity contribution in [1.82, 2.24) is 10.6 Å². The van der Waals surface area contributed by atoms with Crippen molar-refractivity contribution < 1.29 is 19.5 Å². The molecule has 0 radical (unpaired) electrons. The van der Waals surface area contributed by atoms with E-state index in [0.717, 1.165) is 19.3 Å². The van der Waals surface area contributed by atoms with Crippen LogP contribution in [0.4, 0.5) is 0 Å². The smallest absolute Gasteiger partial charge is 0.326 e. The standard InChI is InChI=1S/C19H30N2O4/c1-11(2)3-15(17(23)24)21-16(22)10-20-18(25)19-7-12-4-13(8-19)6-14(5-12)9-19/h11-15H,3-10H2,1-2H3,(H,20,25)(H,21,22)(H,23,24)/t12?,13?,14?,15-,19?/m0/s1. The van der Waals surface area contributed by atoms with Gasteiger partial charge in [-0.1, -0.05) is 13.8 Å². The second-order valence-corrected chi connectivity index (χ2v) is 8.97. The molecule has 4 rings (SSSR count). The normalized spacial score (nSPS) is 34.0. The summed E-state index contributed by atoms with van der Waals surface area (Å²) in [7, 11) is 0. The minimum atomic E-state index is -1.03. The number of aliphatic carboxylic acids is 1. The van der Waals surface area contributed by atoms with Crippen LogP contribution in [0.15, 0.2) is 0 Å². The molecule has 4 fully saturated rings. The highest BCUT2D eigenvalue weighted by atomic mass is 16.4. The van der Waals surface area contributed by atoms with E-state index in [1.807, 2.05) is 13.8 Å². The zero-order valence-corrected chi connectivity index (χ0v) is 15.2. The largest absolute Gasteiger partial charge is 0.480 e. The quantitative estimate of drug-likeness (QED) is 0.654. The molecule has 0 spiro atoms. The van der Waals surface area contributed by atoms with Gasteiger partial charge in [-0.3, -0.25) is 9.59 Å². The van der Waals surface area contributed by atoms with Crippen molar-refractivity contribution in [3.05, 3.63) is 0 Å². The molecule has 0 unspecified atom stereocenters. The Balaban J connectivity index is 1.52. The van der Waals surface area contributed by atoms with E-state index in [-0.39, 0.29) is 23.8 Å². The summed E-state index contributed by atoms with van der Waals surface area (Å²) in [5.74, 6) is 0.732. The molecule has 4 aliphatic carbocycles. The van der Waals surface area contributed by atoms with Gasteiger partial charge in [0.1, 0.15) is 6.04 Å². The fraction of sp³-hybridized carbons (Fsp3) is 0.842. The molecule has 0 saturated heterocycles. The molecule has 0 aromatic rings. The van der Waals surface area contributed by atoms with E-state index in [2.05, 4.69) is 10.6 Å². The van der Waals surface area contributed by atoms with Crippen molar-refractivity contribution in [3.63, 3.8) is 0 Å². The summed E-state index contributed by atoms with van der Waals surface area (Å²) in [5, 5.41) is 14.5. The number of carbonyl (C=O) groups is 3. The molecule has 2 amide bonds. The number of hydrogen-bond donors (Lipinski definition) is 3. The molecule has 4 bridgehead atoms. The number of amides is 2. The lowest BCUT2D eigenvalue weighted by Crippen LogP contribution is -2.55. The van der Waals surface area contributed by atoms with Crippen LogP contribution in [0, 0.1) is 29.1 Å². The summed E-state index contributed by atoms with van der Waals surface area (Å²) in [6.07, 6.45) is 7.05. The average molecular weight is 350 g/mol. The molecular formula is C19H30N2O4. The first-order valence-corrected chi connectivity index (χ1v) is 9.58. The van der Waals surface area contributed by atoms with E-state index < -0.39 is 17.9 Å². The highest BCUT2D eigenvalue weighted by molar-refractivity contribution is 5.90. The molecule has 6 nitrogen and oxygen atoms in total. The van der Waals surface area contributed by atoms with Crippen LogP contribution < -0.4 is 10.6 Å². The van der Waals surface area contributed by atoms with Crippen LogP contribution in [0.25, 0.3) is 0 Å². The summed E-state index contributed by atoms with van der Waals surface area (Å²) in [4.78, 5) is 36.1. The van der Waals surface area contributed by atoms with E-state index in [0.29, 0.717) is 24.2 Å². The zero-order valence-electron chi connectivity index (χ0n) is 15.2. The SMILES string of the molecule is CC(C)C[C@H](NC(=O)CNC(=O)C12CC3CC(CC(C3)C1)C2)C(=O)O. The summed E-state index contributed by atoms with van der Waals surface area (Å²) >= 11 is 0. The minimum absolute atomic E-state index is 0.00233. The molecule has 25 heavy (non-hydrogen) atoms. The maximum absolute atomic E-state index is 12.8. The number of hydrogen-bond acceptors (Lipinski definition) is 3. The van der Waals surface area contributed by atoms with Crippen molar-refractivity contribution in [3.8, 4) is 0 Å². The predicted molar refractivity (Wildman–Crippen MR) is 92.6 cm³/mol. The van der Waals surface area contributed by atoms with Crippen LogP contribution in [-0.2, 0) is 14.4 Å². The first-order valence-electron chi connectivity index (χ1n) is 9.58. The third kappa shape index (κ3) is 3.98. The van der Waals surface area contributed by atoms with Crippen LogP contribution in [-0.4, -0.2) is 35.5 Å². The van der Waals surface area contributed by atoms with Crippen LogP contribution in [0.3, 0.4) is 0 Å². The van der Waals surface area contributed by atoms with Crippen molar-refractivity contribution in [2.24, 2.45) is 29.1 Å². The number of nitrogens with one attached hydrogen (secondary N) is 2. The second-order valence-electron chi connectivity index (χ2n) is 8.97. The van der Waals surface area contributed by atoms with Crippen LogP contribution in [0.2, 0.25) is 0 Å². The summed E-state index contributed by atoms with van der Waals surface area (Å²) in [6.45, 7) is 3.69. The van der Waals surface area contributed by atoms with Crippen LogP contribution >= 0.6 is 0 Å². The Kier molecular flexibility index (Phi) is 5.07. The van der Waals surface area contributed by atoms with Gasteiger partial charge < -0.3 is 15.7 Å². The van der Waals surface area contributed by atoms with Gasteiger partial charge in [0.15, 0.2) is 0 Å². The van der Waals surface area contributed by atoms with Gasteiger partial charge in [-0.05, 0) is 68.6 Å². The summed E-state index contributed by atoms with van der Waals surface area (Å²) in [6, 6.07) is -0.899. The van der Waals surface area contributed by atoms with Gasteiger partial charge in [0, 0.05) is 5.41 Å². The van der Waals surface area contributed by atoms with E-state index in [9.17, 15) is 19.5 Å². The topological polar surface area (TPSA) is 95.5 Å². The molecule has 4 saturated carbocycles. The first-order chi connectivity index (χ1) is 11.8. The Morgan fingerprint density at radius 3 is 2.00 bits per heavy atom. The third-order valence-corrected chi connectivity index (χ3v) is 6.27. The Bertz CT molecular complexity index is 522. The Hall–Kier alpha value is -1.59. The highest BCUT2D eigenvalue weighted by Gasteiger charge is 2.54. The Morgan fingerprint density at radius 2 is 1.56 bits per heavy atom. The molecule has 6 heteroatoms. The maximum atomic E-state index is 12.8. The van der Waals surface area contributed by atoms with Gasteiger partial charge in [0.05, 0.1) is 6.54 Å². The van der Waals surface area contributed by atoms with E-state index in [1.165, 1.54) is 19.3 Å². The number of rotatable bonds is 7. The first kappa shape index (κ1) is 18.2. The Morgan fingerprint density at radius 1 is 1.04 bits per heavy atom. The highest BCUT2D eigenvalue weighted by Crippen LogP contribution is 2.60. The van der Waals surface area contributed by atoms with Crippen LogP contribution in [0.5, 0.6) is 0 Å². The van der Waals surface area contributed by atoms with Gasteiger partial charge in [0.25, 0.3) is 0 Å². The monoisotopic (exact) mass is 350 g/mol. The summed E-state index contributed by atoms with van der Waals surface area (Å²) in [5.41, 5.74) is -0.279. The van der Waals surface area contributed by atoms with Gasteiger partial charge in [-0.25, -0.2) is 4.79 Å². The van der Waals surface area contributed by atoms with Gasteiger partial charge in [-0.2, -0.15) is 0 Å². The maximum Gasteiger partial charge on any atom is 0.326 e. The van der Waals surface area contributed by atoms with Crippen LogP contribution in [0.1, 0.15) is 58.8 Å². The Labute approximate surface area is 149 Å². The molecular weight excluding hydrogens is 320 g/mol. The average Bonchev–Trinajstić information content (AvgIpc) is 2.50. The number of carboxylic acid groups (broad SMARTS) is 1. The lowest BCUT2D eigenvalue weighted by molar-refractivity contribution is -0.147. The molecule has 3 N–H and O–H groups in total. The molecule has 1 atom stereocenters. The van der Waals surface area contributed by atoms with Crippen molar-refractivity contribution in [2.45, 2.75) is 64.8 Å². The number of carbonyl (C=O) groups excluding carboxylic acids is 2. The molecule has 4 aliphatic rings. The van der Waals surface area contributed by atoms with Gasteiger partial charge in [-0.15, -0.1) is 0 Å². The predicted octanol–water partition coefficient (Wildman–Crippen LogP) is 1.93. The lowest BCUT2D eigenvalue weighted by Gasteiger charge is -2.55. The molecule has 0 aliphatic heterocycles. The summed E-state index contributed by atoms with van der Waals surface area (Å²) < 4.78 is 0. The fourth-order valence-corrected chi connectivity index (χ4v) is 5.68. The van der Waals surface area contributed by atoms with Crippen molar-refractivity contribution in [2.75, 3.05) is 6.54 Å². The number of carboxylic acids is 1. The zero-order chi connectivity index (χ0) is 18.2. The van der Waals surface area contributed by atoms with Crippen molar-refractivity contribution in [1.29, 1.82) is 0 Å². The molecule has 0 heterocycles.